The number of hydrogen-bond donors (Lipinski definition) is 1. The zero-order chi connectivity index (χ0) is 21.0. The molecule has 6 nitrogen and oxygen atoms in total. The lowest BCUT2D eigenvalue weighted by Crippen LogP contribution is -2.55. The first-order chi connectivity index (χ1) is 13.9. The third kappa shape index (κ3) is 4.12. The van der Waals surface area contributed by atoms with Gasteiger partial charge in [-0.1, -0.05) is 35.9 Å². The Bertz CT molecular complexity index is 944. The SMILES string of the molecule is CN(C(=O)COC(=O)c1cccc(O)c1)[C@@]1(c2ccccc2Cl)CCCCC1=O. The lowest BCUT2D eigenvalue weighted by Gasteiger charge is -2.43. The first-order valence-electron chi connectivity index (χ1n) is 9.37. The summed E-state index contributed by atoms with van der Waals surface area (Å²) in [5.74, 6) is -1.39. The van der Waals surface area contributed by atoms with Crippen LogP contribution in [0.25, 0.3) is 0 Å². The Morgan fingerprint density at radius 3 is 2.62 bits per heavy atom. The molecule has 2 aromatic carbocycles. The van der Waals surface area contributed by atoms with Crippen molar-refractivity contribution in [3.63, 3.8) is 0 Å². The molecule has 1 saturated carbocycles. The number of carbonyl (C=O) groups excluding carboxylic acids is 3. The summed E-state index contributed by atoms with van der Waals surface area (Å²) in [5.41, 5.74) is -0.456. The van der Waals surface area contributed by atoms with Crippen molar-refractivity contribution in [2.45, 2.75) is 31.2 Å². The van der Waals surface area contributed by atoms with Gasteiger partial charge in [0, 0.05) is 24.1 Å². The van der Waals surface area contributed by atoms with E-state index in [1.165, 1.54) is 36.2 Å². The molecule has 3 rings (SSSR count). The van der Waals surface area contributed by atoms with Gasteiger partial charge in [-0.3, -0.25) is 9.59 Å². The summed E-state index contributed by atoms with van der Waals surface area (Å²) in [6.45, 7) is -0.523. The van der Waals surface area contributed by atoms with E-state index in [2.05, 4.69) is 0 Å². The Morgan fingerprint density at radius 2 is 1.93 bits per heavy atom. The molecule has 152 valence electrons. The van der Waals surface area contributed by atoms with Crippen molar-refractivity contribution in [2.75, 3.05) is 13.7 Å². The minimum atomic E-state index is -1.18. The number of hydrogen-bond acceptors (Lipinski definition) is 5. The van der Waals surface area contributed by atoms with Crippen LogP contribution in [0.15, 0.2) is 48.5 Å². The summed E-state index contributed by atoms with van der Waals surface area (Å²) >= 11 is 6.38. The molecular weight excluding hydrogens is 394 g/mol. The van der Waals surface area contributed by atoms with E-state index in [1.807, 2.05) is 0 Å². The molecule has 0 bridgehead atoms. The summed E-state index contributed by atoms with van der Waals surface area (Å²) in [5, 5.41) is 9.90. The average Bonchev–Trinajstić information content (AvgIpc) is 2.72. The number of phenols is 1. The van der Waals surface area contributed by atoms with Gasteiger partial charge >= 0.3 is 5.97 Å². The van der Waals surface area contributed by atoms with Crippen LogP contribution in [0.4, 0.5) is 0 Å². The van der Waals surface area contributed by atoms with Crippen molar-refractivity contribution in [2.24, 2.45) is 0 Å². The molecule has 0 aliphatic heterocycles. The van der Waals surface area contributed by atoms with Crippen molar-refractivity contribution in [1.29, 1.82) is 0 Å². The maximum absolute atomic E-state index is 13.0. The van der Waals surface area contributed by atoms with E-state index < -0.39 is 24.0 Å². The fourth-order valence-corrected chi connectivity index (χ4v) is 4.07. The fourth-order valence-electron chi connectivity index (χ4n) is 3.78. The van der Waals surface area contributed by atoms with Crippen molar-refractivity contribution in [1.82, 2.24) is 4.90 Å². The third-order valence-corrected chi connectivity index (χ3v) is 5.66. The highest BCUT2D eigenvalue weighted by Crippen LogP contribution is 2.42. The zero-order valence-corrected chi connectivity index (χ0v) is 16.8. The second-order valence-electron chi connectivity index (χ2n) is 7.05. The van der Waals surface area contributed by atoms with Crippen molar-refractivity contribution in [3.05, 3.63) is 64.7 Å². The van der Waals surface area contributed by atoms with Gasteiger partial charge in [-0.15, -0.1) is 0 Å². The summed E-state index contributed by atoms with van der Waals surface area (Å²) in [6, 6.07) is 12.7. The van der Waals surface area contributed by atoms with Gasteiger partial charge in [0.2, 0.25) is 0 Å². The highest BCUT2D eigenvalue weighted by Gasteiger charge is 2.48. The smallest absolute Gasteiger partial charge is 0.338 e. The molecular formula is C22H22ClNO5. The van der Waals surface area contributed by atoms with Crippen LogP contribution in [-0.2, 0) is 19.9 Å². The number of ketones is 1. The zero-order valence-electron chi connectivity index (χ0n) is 16.1. The Balaban J connectivity index is 1.82. The second-order valence-corrected chi connectivity index (χ2v) is 7.46. The first kappa shape index (κ1) is 20.9. The van der Waals surface area contributed by atoms with Crippen LogP contribution in [0.2, 0.25) is 5.02 Å². The molecule has 1 atom stereocenters. The monoisotopic (exact) mass is 415 g/mol. The molecule has 1 aliphatic rings. The predicted molar refractivity (Wildman–Crippen MR) is 108 cm³/mol. The molecule has 0 radical (unpaired) electrons. The van der Waals surface area contributed by atoms with Crippen LogP contribution in [0.1, 0.15) is 41.6 Å². The summed E-state index contributed by atoms with van der Waals surface area (Å²) < 4.78 is 5.12. The number of aromatic hydroxyl groups is 1. The fraction of sp³-hybridized carbons (Fsp3) is 0.318. The number of nitrogens with zero attached hydrogens (tertiary/aromatic N) is 1. The number of halogens is 1. The van der Waals surface area contributed by atoms with Gasteiger partial charge in [-0.05, 0) is 43.5 Å². The van der Waals surface area contributed by atoms with Crippen LogP contribution in [-0.4, -0.2) is 41.3 Å². The molecule has 0 heterocycles. The average molecular weight is 416 g/mol. The summed E-state index contributed by atoms with van der Waals surface area (Å²) in [6.07, 6.45) is 2.35. The largest absolute Gasteiger partial charge is 0.508 e. The lowest BCUT2D eigenvalue weighted by atomic mass is 9.74. The van der Waals surface area contributed by atoms with Crippen LogP contribution >= 0.6 is 11.6 Å². The Morgan fingerprint density at radius 1 is 1.17 bits per heavy atom. The Labute approximate surface area is 174 Å². The first-order valence-corrected chi connectivity index (χ1v) is 9.75. The van der Waals surface area contributed by atoms with Gasteiger partial charge in [0.1, 0.15) is 11.3 Å². The summed E-state index contributed by atoms with van der Waals surface area (Å²) in [4.78, 5) is 39.4. The van der Waals surface area contributed by atoms with E-state index in [4.69, 9.17) is 16.3 Å². The second kappa shape index (κ2) is 8.66. The van der Waals surface area contributed by atoms with E-state index in [0.29, 0.717) is 23.4 Å². The standard InChI is InChI=1S/C22H22ClNO5/c1-24(20(27)14-29-21(28)15-7-6-8-16(25)13-15)22(12-5-4-11-19(22)26)17-9-2-3-10-18(17)23/h2-3,6-10,13,25H,4-5,11-12,14H2,1H3/t22-/m1/s1. The van der Waals surface area contributed by atoms with Crippen LogP contribution in [0.5, 0.6) is 5.75 Å². The minimum Gasteiger partial charge on any atom is -0.508 e. The molecule has 29 heavy (non-hydrogen) atoms. The molecule has 1 amide bonds. The van der Waals surface area contributed by atoms with E-state index in [-0.39, 0.29) is 17.1 Å². The van der Waals surface area contributed by atoms with Gasteiger partial charge in [0.15, 0.2) is 12.4 Å². The predicted octanol–water partition coefficient (Wildman–Crippen LogP) is 3.70. The summed E-state index contributed by atoms with van der Waals surface area (Å²) in [7, 11) is 1.54. The number of likely N-dealkylation sites (N-methyl/N-ethyl adjacent to an activating group) is 1. The molecule has 0 aromatic heterocycles. The Kier molecular flexibility index (Phi) is 6.23. The number of esters is 1. The molecule has 1 N–H and O–H groups in total. The molecule has 2 aromatic rings. The molecule has 0 saturated heterocycles. The number of phenolic OH excluding ortho intramolecular Hbond substituents is 1. The van der Waals surface area contributed by atoms with Crippen LogP contribution in [0, 0.1) is 0 Å². The van der Waals surface area contributed by atoms with Crippen molar-refractivity contribution < 1.29 is 24.2 Å². The topological polar surface area (TPSA) is 83.9 Å². The highest BCUT2D eigenvalue weighted by atomic mass is 35.5. The number of ether oxygens (including phenoxy) is 1. The molecule has 0 unspecified atom stereocenters. The van der Waals surface area contributed by atoms with Crippen molar-refractivity contribution >= 4 is 29.3 Å². The third-order valence-electron chi connectivity index (χ3n) is 5.33. The molecule has 1 fully saturated rings. The van der Waals surface area contributed by atoms with Gasteiger partial charge in [-0.25, -0.2) is 4.79 Å². The molecule has 0 spiro atoms. The molecule has 7 heteroatoms. The highest BCUT2D eigenvalue weighted by molar-refractivity contribution is 6.31. The number of amides is 1. The maximum Gasteiger partial charge on any atom is 0.338 e. The number of Topliss-reactive ketones (excluding diaryl/α,β-unsaturated/α-hetero) is 1. The van der Waals surface area contributed by atoms with Crippen LogP contribution in [0.3, 0.4) is 0 Å². The van der Waals surface area contributed by atoms with Gasteiger partial charge in [-0.2, -0.15) is 0 Å². The van der Waals surface area contributed by atoms with E-state index in [9.17, 15) is 19.5 Å². The normalized spacial score (nSPS) is 18.9. The van der Waals surface area contributed by atoms with E-state index in [1.54, 1.807) is 24.3 Å². The molecule has 1 aliphatic carbocycles. The van der Waals surface area contributed by atoms with Crippen molar-refractivity contribution in [3.8, 4) is 5.75 Å². The quantitative estimate of drug-likeness (QED) is 0.753. The van der Waals surface area contributed by atoms with Gasteiger partial charge in [0.25, 0.3) is 5.91 Å². The van der Waals surface area contributed by atoms with Gasteiger partial charge < -0.3 is 14.7 Å². The van der Waals surface area contributed by atoms with E-state index >= 15 is 0 Å². The number of carbonyl (C=O) groups is 3. The van der Waals surface area contributed by atoms with E-state index in [0.717, 1.165) is 12.8 Å². The Hall–Kier alpha value is -2.86. The lowest BCUT2D eigenvalue weighted by molar-refractivity contribution is -0.150. The maximum atomic E-state index is 13.0. The van der Waals surface area contributed by atoms with Gasteiger partial charge in [0.05, 0.1) is 5.56 Å². The minimum absolute atomic E-state index is 0.0756. The number of rotatable bonds is 5. The van der Waals surface area contributed by atoms with Crippen LogP contribution < -0.4 is 0 Å². The number of benzene rings is 2.